The fourth-order valence-corrected chi connectivity index (χ4v) is 1.86. The maximum Gasteiger partial charge on any atom is 0.0723 e. The first kappa shape index (κ1) is 12.0. The Labute approximate surface area is 88.2 Å². The van der Waals surface area contributed by atoms with E-state index in [1.165, 1.54) is 19.3 Å². The van der Waals surface area contributed by atoms with Crippen LogP contribution in [0.3, 0.4) is 0 Å². The van der Waals surface area contributed by atoms with Crippen LogP contribution in [0, 0.1) is 5.92 Å². The van der Waals surface area contributed by atoms with E-state index in [1.54, 1.807) is 0 Å². The van der Waals surface area contributed by atoms with Crippen molar-refractivity contribution >= 4 is 0 Å². The fraction of sp³-hybridized carbons (Fsp3) is 1.00. The summed E-state index contributed by atoms with van der Waals surface area (Å²) in [5, 5.41) is 0. The molecule has 0 aromatic carbocycles. The highest BCUT2D eigenvalue weighted by molar-refractivity contribution is 4.75. The van der Waals surface area contributed by atoms with E-state index in [-0.39, 0.29) is 12.1 Å². The van der Waals surface area contributed by atoms with Gasteiger partial charge in [0.25, 0.3) is 0 Å². The highest BCUT2D eigenvalue weighted by atomic mass is 16.5. The van der Waals surface area contributed by atoms with Crippen LogP contribution >= 0.6 is 0 Å². The van der Waals surface area contributed by atoms with Crippen LogP contribution in [0.2, 0.25) is 0 Å². The number of rotatable bonds is 8. The van der Waals surface area contributed by atoms with Crippen molar-refractivity contribution in [2.75, 3.05) is 6.61 Å². The van der Waals surface area contributed by atoms with Crippen LogP contribution in [0.1, 0.15) is 52.4 Å². The lowest BCUT2D eigenvalue weighted by atomic mass is 10.0. The number of hydrogen-bond acceptors (Lipinski definition) is 2. The largest absolute Gasteiger partial charge is 0.377 e. The summed E-state index contributed by atoms with van der Waals surface area (Å²) < 4.78 is 5.83. The van der Waals surface area contributed by atoms with Crippen molar-refractivity contribution in [3.63, 3.8) is 0 Å². The summed E-state index contributed by atoms with van der Waals surface area (Å²) in [6.07, 6.45) is 7.66. The van der Waals surface area contributed by atoms with E-state index in [1.807, 2.05) is 0 Å². The summed E-state index contributed by atoms with van der Waals surface area (Å²) in [5.74, 6) is 0.968. The van der Waals surface area contributed by atoms with Crippen LogP contribution in [0.4, 0.5) is 0 Å². The first-order valence-corrected chi connectivity index (χ1v) is 6.15. The summed E-state index contributed by atoms with van der Waals surface area (Å²) in [6.45, 7) is 5.26. The average molecular weight is 199 g/mol. The minimum absolute atomic E-state index is 0.240. The highest BCUT2D eigenvalue weighted by Crippen LogP contribution is 2.32. The van der Waals surface area contributed by atoms with Gasteiger partial charge in [-0.1, -0.05) is 33.1 Å². The van der Waals surface area contributed by atoms with E-state index in [0.29, 0.717) is 0 Å². The Morgan fingerprint density at radius 3 is 2.57 bits per heavy atom. The molecule has 0 aromatic rings. The van der Waals surface area contributed by atoms with Crippen molar-refractivity contribution in [3.05, 3.63) is 0 Å². The third-order valence-corrected chi connectivity index (χ3v) is 3.06. The molecular formula is C12H25NO. The summed E-state index contributed by atoms with van der Waals surface area (Å²) in [5.41, 5.74) is 6.05. The summed E-state index contributed by atoms with van der Waals surface area (Å²) in [7, 11) is 0. The fourth-order valence-electron chi connectivity index (χ4n) is 1.86. The van der Waals surface area contributed by atoms with Crippen LogP contribution in [0.5, 0.6) is 0 Å². The molecule has 1 aliphatic carbocycles. The number of ether oxygens (including phenoxy) is 1. The molecule has 2 heteroatoms. The topological polar surface area (TPSA) is 35.2 Å². The van der Waals surface area contributed by atoms with Crippen LogP contribution in [-0.4, -0.2) is 18.8 Å². The summed E-state index contributed by atoms with van der Waals surface area (Å²) >= 11 is 0. The lowest BCUT2D eigenvalue weighted by molar-refractivity contribution is 0.0277. The van der Waals surface area contributed by atoms with Crippen molar-refractivity contribution in [1.82, 2.24) is 0 Å². The van der Waals surface area contributed by atoms with Gasteiger partial charge >= 0.3 is 0 Å². The van der Waals surface area contributed by atoms with Gasteiger partial charge in [-0.25, -0.2) is 0 Å². The van der Waals surface area contributed by atoms with Gasteiger partial charge in [-0.3, -0.25) is 0 Å². The second-order valence-electron chi connectivity index (χ2n) is 4.50. The van der Waals surface area contributed by atoms with Crippen LogP contribution in [-0.2, 0) is 4.74 Å². The molecule has 0 amide bonds. The minimum Gasteiger partial charge on any atom is -0.377 e. The quantitative estimate of drug-likeness (QED) is 0.652. The Hall–Kier alpha value is -0.0800. The zero-order chi connectivity index (χ0) is 10.4. The van der Waals surface area contributed by atoms with Gasteiger partial charge in [0.05, 0.1) is 6.10 Å². The first-order valence-electron chi connectivity index (χ1n) is 6.15. The SMILES string of the molecule is CCCC(N)C(CC)OCCC1CC1. The third-order valence-electron chi connectivity index (χ3n) is 3.06. The van der Waals surface area contributed by atoms with E-state index in [2.05, 4.69) is 13.8 Å². The molecule has 0 heterocycles. The Kier molecular flexibility index (Phi) is 5.49. The van der Waals surface area contributed by atoms with Crippen molar-refractivity contribution in [2.24, 2.45) is 11.7 Å². The van der Waals surface area contributed by atoms with Crippen molar-refractivity contribution in [1.29, 1.82) is 0 Å². The predicted octanol–water partition coefficient (Wildman–Crippen LogP) is 2.71. The standard InChI is InChI=1S/C12H25NO/c1-3-5-11(13)12(4-2)14-9-8-10-6-7-10/h10-12H,3-9,13H2,1-2H3. The number of nitrogens with two attached hydrogens (primary N) is 1. The molecule has 0 spiro atoms. The van der Waals surface area contributed by atoms with Crippen molar-refractivity contribution in [2.45, 2.75) is 64.5 Å². The van der Waals surface area contributed by atoms with Gasteiger partial charge in [0.15, 0.2) is 0 Å². The maximum atomic E-state index is 6.05. The molecule has 14 heavy (non-hydrogen) atoms. The monoisotopic (exact) mass is 199 g/mol. The van der Waals surface area contributed by atoms with Gasteiger partial charge < -0.3 is 10.5 Å². The van der Waals surface area contributed by atoms with Crippen LogP contribution in [0.15, 0.2) is 0 Å². The molecule has 1 fully saturated rings. The molecule has 1 rings (SSSR count). The zero-order valence-corrected chi connectivity index (χ0v) is 9.67. The van der Waals surface area contributed by atoms with E-state index in [0.717, 1.165) is 31.8 Å². The van der Waals surface area contributed by atoms with E-state index in [4.69, 9.17) is 10.5 Å². The van der Waals surface area contributed by atoms with Gasteiger partial charge in [0.1, 0.15) is 0 Å². The lowest BCUT2D eigenvalue weighted by Gasteiger charge is -2.22. The van der Waals surface area contributed by atoms with Crippen LogP contribution < -0.4 is 5.73 Å². The average Bonchev–Trinajstić information content (AvgIpc) is 2.96. The predicted molar refractivity (Wildman–Crippen MR) is 60.3 cm³/mol. The van der Waals surface area contributed by atoms with Gasteiger partial charge in [-0.15, -0.1) is 0 Å². The molecule has 0 saturated heterocycles. The van der Waals surface area contributed by atoms with Gasteiger partial charge in [-0.05, 0) is 25.2 Å². The Bertz CT molecular complexity index is 145. The molecule has 0 aliphatic heterocycles. The molecule has 2 unspecified atom stereocenters. The molecule has 0 bridgehead atoms. The smallest absolute Gasteiger partial charge is 0.0723 e. The maximum absolute atomic E-state index is 6.05. The lowest BCUT2D eigenvalue weighted by Crippen LogP contribution is -2.36. The normalized spacial score (nSPS) is 20.8. The molecule has 2 N–H and O–H groups in total. The second-order valence-corrected chi connectivity index (χ2v) is 4.50. The molecule has 0 aromatic heterocycles. The van der Waals surface area contributed by atoms with Gasteiger partial charge in [0.2, 0.25) is 0 Å². The molecular weight excluding hydrogens is 174 g/mol. The van der Waals surface area contributed by atoms with Crippen molar-refractivity contribution < 1.29 is 4.74 Å². The molecule has 0 radical (unpaired) electrons. The van der Waals surface area contributed by atoms with Gasteiger partial charge in [-0.2, -0.15) is 0 Å². The Morgan fingerprint density at radius 1 is 1.36 bits per heavy atom. The molecule has 1 aliphatic rings. The third kappa shape index (κ3) is 4.43. The van der Waals surface area contributed by atoms with Crippen molar-refractivity contribution in [3.8, 4) is 0 Å². The minimum atomic E-state index is 0.240. The Balaban J connectivity index is 2.08. The van der Waals surface area contributed by atoms with E-state index < -0.39 is 0 Å². The molecule has 1 saturated carbocycles. The Morgan fingerprint density at radius 2 is 2.07 bits per heavy atom. The van der Waals surface area contributed by atoms with Crippen LogP contribution in [0.25, 0.3) is 0 Å². The van der Waals surface area contributed by atoms with E-state index >= 15 is 0 Å². The van der Waals surface area contributed by atoms with E-state index in [9.17, 15) is 0 Å². The summed E-state index contributed by atoms with van der Waals surface area (Å²) in [4.78, 5) is 0. The van der Waals surface area contributed by atoms with Gasteiger partial charge in [0, 0.05) is 12.6 Å². The summed E-state index contributed by atoms with van der Waals surface area (Å²) in [6, 6.07) is 0.240. The highest BCUT2D eigenvalue weighted by Gasteiger charge is 2.22. The second kappa shape index (κ2) is 6.41. The zero-order valence-electron chi connectivity index (χ0n) is 9.67. The molecule has 2 atom stereocenters. The number of hydrogen-bond donors (Lipinski definition) is 1. The molecule has 2 nitrogen and oxygen atoms in total. The first-order chi connectivity index (χ1) is 6.77. The molecule has 84 valence electrons.